The lowest BCUT2D eigenvalue weighted by atomic mass is 9.98. The van der Waals surface area contributed by atoms with Gasteiger partial charge in [0.2, 0.25) is 0 Å². The molecule has 5 nitrogen and oxygen atoms in total. The van der Waals surface area contributed by atoms with Gasteiger partial charge >= 0.3 is 5.97 Å². The summed E-state index contributed by atoms with van der Waals surface area (Å²) in [6.45, 7) is 5.90. The smallest absolute Gasteiger partial charge is 0.337 e. The quantitative estimate of drug-likeness (QED) is 0.866. The van der Waals surface area contributed by atoms with Crippen LogP contribution < -0.4 is 10.2 Å². The molecular formula is C21H24N2O3. The van der Waals surface area contributed by atoms with Gasteiger partial charge in [-0.1, -0.05) is 24.6 Å². The van der Waals surface area contributed by atoms with Crippen LogP contribution in [0.3, 0.4) is 0 Å². The topological polar surface area (TPSA) is 69.6 Å². The summed E-state index contributed by atoms with van der Waals surface area (Å²) in [7, 11) is 0. The molecule has 0 bridgehead atoms. The van der Waals surface area contributed by atoms with Gasteiger partial charge in [-0.25, -0.2) is 4.79 Å². The molecule has 1 aliphatic heterocycles. The lowest BCUT2D eigenvalue weighted by molar-refractivity contribution is 0.0697. The van der Waals surface area contributed by atoms with Crippen molar-refractivity contribution in [2.75, 3.05) is 23.3 Å². The Labute approximate surface area is 153 Å². The third kappa shape index (κ3) is 4.04. The molecule has 1 aliphatic rings. The van der Waals surface area contributed by atoms with Crippen molar-refractivity contribution >= 4 is 23.3 Å². The van der Waals surface area contributed by atoms with E-state index in [4.69, 9.17) is 0 Å². The molecule has 0 spiro atoms. The SMILES string of the molecule is Cc1ccc(C(=O)Nc2ccc(N3CCC(C)CC3)c(C(=O)O)c2)cc1. The second kappa shape index (κ2) is 7.60. The number of nitrogens with zero attached hydrogens (tertiary/aromatic N) is 1. The number of amides is 1. The Morgan fingerprint density at radius 3 is 2.35 bits per heavy atom. The summed E-state index contributed by atoms with van der Waals surface area (Å²) in [5.74, 6) is -0.557. The molecule has 0 aromatic heterocycles. The zero-order valence-corrected chi connectivity index (χ0v) is 15.2. The molecule has 0 atom stereocenters. The molecule has 1 amide bonds. The Balaban J connectivity index is 1.81. The number of carboxylic acids is 1. The van der Waals surface area contributed by atoms with Crippen LogP contribution in [0.5, 0.6) is 0 Å². The summed E-state index contributed by atoms with van der Waals surface area (Å²) >= 11 is 0. The van der Waals surface area contributed by atoms with E-state index < -0.39 is 5.97 Å². The summed E-state index contributed by atoms with van der Waals surface area (Å²) in [5.41, 5.74) is 3.05. The van der Waals surface area contributed by atoms with Crippen LogP contribution in [-0.2, 0) is 0 Å². The summed E-state index contributed by atoms with van der Waals surface area (Å²) in [5, 5.41) is 12.4. The molecule has 0 saturated carbocycles. The molecule has 0 radical (unpaired) electrons. The molecule has 1 heterocycles. The van der Waals surface area contributed by atoms with E-state index in [9.17, 15) is 14.7 Å². The fourth-order valence-corrected chi connectivity index (χ4v) is 3.22. The highest BCUT2D eigenvalue weighted by Gasteiger charge is 2.21. The van der Waals surface area contributed by atoms with E-state index in [1.165, 1.54) is 0 Å². The zero-order valence-electron chi connectivity index (χ0n) is 15.2. The minimum atomic E-state index is -0.981. The van der Waals surface area contributed by atoms with Crippen molar-refractivity contribution in [3.05, 3.63) is 59.2 Å². The average Bonchev–Trinajstić information content (AvgIpc) is 2.63. The van der Waals surface area contributed by atoms with E-state index in [0.717, 1.165) is 37.2 Å². The minimum Gasteiger partial charge on any atom is -0.478 e. The standard InChI is InChI=1S/C21H24N2O3/c1-14-3-5-16(6-4-14)20(24)22-17-7-8-19(18(13-17)21(25)26)23-11-9-15(2)10-12-23/h3-8,13,15H,9-12H2,1-2H3,(H,22,24)(H,25,26). The number of aromatic carboxylic acids is 1. The predicted molar refractivity (Wildman–Crippen MR) is 103 cm³/mol. The largest absolute Gasteiger partial charge is 0.478 e. The Hall–Kier alpha value is -2.82. The van der Waals surface area contributed by atoms with E-state index in [1.807, 2.05) is 19.1 Å². The van der Waals surface area contributed by atoms with Crippen LogP contribution in [0.2, 0.25) is 0 Å². The Kier molecular flexibility index (Phi) is 5.26. The van der Waals surface area contributed by atoms with Gasteiger partial charge in [-0.3, -0.25) is 4.79 Å². The van der Waals surface area contributed by atoms with Crippen LogP contribution in [0.15, 0.2) is 42.5 Å². The number of carbonyl (C=O) groups is 2. The van der Waals surface area contributed by atoms with Gasteiger partial charge in [0.05, 0.1) is 11.3 Å². The van der Waals surface area contributed by atoms with Gasteiger partial charge in [-0.15, -0.1) is 0 Å². The molecular weight excluding hydrogens is 328 g/mol. The number of carbonyl (C=O) groups excluding carboxylic acids is 1. The number of aryl methyl sites for hydroxylation is 1. The fourth-order valence-electron chi connectivity index (χ4n) is 3.22. The van der Waals surface area contributed by atoms with Gasteiger partial charge in [0.15, 0.2) is 0 Å². The molecule has 5 heteroatoms. The number of hydrogen-bond acceptors (Lipinski definition) is 3. The highest BCUT2D eigenvalue weighted by molar-refractivity contribution is 6.05. The number of anilines is 2. The van der Waals surface area contributed by atoms with Crippen LogP contribution in [0, 0.1) is 12.8 Å². The van der Waals surface area contributed by atoms with Gasteiger partial charge in [0.25, 0.3) is 5.91 Å². The number of benzene rings is 2. The molecule has 26 heavy (non-hydrogen) atoms. The number of piperidine rings is 1. The first kappa shape index (κ1) is 18.0. The molecule has 0 aliphatic carbocycles. The van der Waals surface area contributed by atoms with Crippen LogP contribution in [0.4, 0.5) is 11.4 Å². The van der Waals surface area contributed by atoms with Crippen LogP contribution >= 0.6 is 0 Å². The first-order chi connectivity index (χ1) is 12.4. The molecule has 1 fully saturated rings. The summed E-state index contributed by atoms with van der Waals surface area (Å²) in [4.78, 5) is 26.2. The molecule has 1 saturated heterocycles. The first-order valence-electron chi connectivity index (χ1n) is 8.94. The second-order valence-electron chi connectivity index (χ2n) is 7.03. The highest BCUT2D eigenvalue weighted by Crippen LogP contribution is 2.28. The third-order valence-corrected chi connectivity index (χ3v) is 4.92. The van der Waals surface area contributed by atoms with Crippen molar-refractivity contribution in [1.29, 1.82) is 0 Å². The van der Waals surface area contributed by atoms with E-state index in [1.54, 1.807) is 30.3 Å². The van der Waals surface area contributed by atoms with E-state index >= 15 is 0 Å². The summed E-state index contributed by atoms with van der Waals surface area (Å²) in [6.07, 6.45) is 2.12. The van der Waals surface area contributed by atoms with Crippen molar-refractivity contribution in [2.24, 2.45) is 5.92 Å². The second-order valence-corrected chi connectivity index (χ2v) is 7.03. The number of rotatable bonds is 4. The van der Waals surface area contributed by atoms with Crippen molar-refractivity contribution in [1.82, 2.24) is 0 Å². The summed E-state index contributed by atoms with van der Waals surface area (Å²) in [6, 6.07) is 12.4. The van der Waals surface area contributed by atoms with Crippen molar-refractivity contribution in [2.45, 2.75) is 26.7 Å². The van der Waals surface area contributed by atoms with E-state index in [0.29, 0.717) is 17.2 Å². The molecule has 2 aromatic rings. The number of nitrogens with one attached hydrogen (secondary N) is 1. The van der Waals surface area contributed by atoms with Gasteiger partial charge in [-0.05, 0) is 56.0 Å². The van der Waals surface area contributed by atoms with Crippen LogP contribution in [0.25, 0.3) is 0 Å². The van der Waals surface area contributed by atoms with Gasteiger partial charge < -0.3 is 15.3 Å². The van der Waals surface area contributed by atoms with Gasteiger partial charge in [0.1, 0.15) is 0 Å². The third-order valence-electron chi connectivity index (χ3n) is 4.92. The van der Waals surface area contributed by atoms with Crippen LogP contribution in [0.1, 0.15) is 46.0 Å². The maximum atomic E-state index is 12.4. The molecule has 136 valence electrons. The normalized spacial score (nSPS) is 14.9. The Bertz CT molecular complexity index is 807. The molecule has 0 unspecified atom stereocenters. The van der Waals surface area contributed by atoms with Crippen molar-refractivity contribution < 1.29 is 14.7 Å². The Morgan fingerprint density at radius 2 is 1.73 bits per heavy atom. The van der Waals surface area contributed by atoms with Gasteiger partial charge in [-0.2, -0.15) is 0 Å². The number of carboxylic acid groups (broad SMARTS) is 1. The molecule has 2 N–H and O–H groups in total. The highest BCUT2D eigenvalue weighted by atomic mass is 16.4. The Morgan fingerprint density at radius 1 is 1.08 bits per heavy atom. The van der Waals surface area contributed by atoms with Crippen LogP contribution in [-0.4, -0.2) is 30.1 Å². The van der Waals surface area contributed by atoms with Gasteiger partial charge in [0, 0.05) is 24.3 Å². The van der Waals surface area contributed by atoms with Crippen molar-refractivity contribution in [3.8, 4) is 0 Å². The lowest BCUT2D eigenvalue weighted by Gasteiger charge is -2.33. The zero-order chi connectivity index (χ0) is 18.7. The predicted octanol–water partition coefficient (Wildman–Crippen LogP) is 4.18. The molecule has 2 aromatic carbocycles. The lowest BCUT2D eigenvalue weighted by Crippen LogP contribution is -2.33. The molecule has 3 rings (SSSR count). The van der Waals surface area contributed by atoms with E-state index in [-0.39, 0.29) is 11.5 Å². The monoisotopic (exact) mass is 352 g/mol. The minimum absolute atomic E-state index is 0.223. The maximum absolute atomic E-state index is 12.4. The first-order valence-corrected chi connectivity index (χ1v) is 8.94. The average molecular weight is 352 g/mol. The maximum Gasteiger partial charge on any atom is 0.337 e. The number of hydrogen-bond donors (Lipinski definition) is 2. The fraction of sp³-hybridized carbons (Fsp3) is 0.333. The van der Waals surface area contributed by atoms with E-state index in [2.05, 4.69) is 17.1 Å². The van der Waals surface area contributed by atoms with Crippen molar-refractivity contribution in [3.63, 3.8) is 0 Å². The summed E-state index contributed by atoms with van der Waals surface area (Å²) < 4.78 is 0.